The normalized spacial score (nSPS) is 14.0. The SMILES string of the molecule is CCN(CC(=O)N(Cc1cccn1Cc1ccccc1Cl)C1CCCCC1)C(=O)c1ccccc1. The zero-order valence-corrected chi connectivity index (χ0v) is 21.2. The molecule has 0 atom stereocenters. The number of rotatable bonds is 9. The average Bonchev–Trinajstić information content (AvgIpc) is 3.34. The molecule has 1 aromatic heterocycles. The lowest BCUT2D eigenvalue weighted by atomic mass is 9.94. The van der Waals surface area contributed by atoms with E-state index in [2.05, 4.69) is 10.6 Å². The summed E-state index contributed by atoms with van der Waals surface area (Å²) in [5, 5.41) is 0.741. The van der Waals surface area contributed by atoms with Crippen molar-refractivity contribution in [2.24, 2.45) is 0 Å². The van der Waals surface area contributed by atoms with Crippen LogP contribution >= 0.6 is 11.6 Å². The van der Waals surface area contributed by atoms with E-state index in [1.807, 2.05) is 66.6 Å². The summed E-state index contributed by atoms with van der Waals surface area (Å²) in [5.74, 6) is -0.0966. The van der Waals surface area contributed by atoms with Crippen molar-refractivity contribution in [3.8, 4) is 0 Å². The zero-order valence-electron chi connectivity index (χ0n) is 20.4. The highest BCUT2D eigenvalue weighted by Gasteiger charge is 2.28. The van der Waals surface area contributed by atoms with Crippen molar-refractivity contribution in [1.82, 2.24) is 14.4 Å². The second-order valence-electron chi connectivity index (χ2n) is 9.22. The van der Waals surface area contributed by atoms with E-state index in [-0.39, 0.29) is 24.4 Å². The summed E-state index contributed by atoms with van der Waals surface area (Å²) in [4.78, 5) is 30.4. The fraction of sp³-hybridized carbons (Fsp3) is 0.379. The number of carbonyl (C=O) groups is 2. The van der Waals surface area contributed by atoms with E-state index in [1.54, 1.807) is 17.0 Å². The van der Waals surface area contributed by atoms with Crippen molar-refractivity contribution < 1.29 is 9.59 Å². The molecule has 1 fully saturated rings. The lowest BCUT2D eigenvalue weighted by Crippen LogP contribution is -2.47. The van der Waals surface area contributed by atoms with Crippen LogP contribution in [0.25, 0.3) is 0 Å². The van der Waals surface area contributed by atoms with Gasteiger partial charge in [-0.3, -0.25) is 9.59 Å². The third-order valence-electron chi connectivity index (χ3n) is 6.91. The predicted octanol–water partition coefficient (Wildman–Crippen LogP) is 6.01. The minimum atomic E-state index is -0.105. The van der Waals surface area contributed by atoms with E-state index < -0.39 is 0 Å². The van der Waals surface area contributed by atoms with Crippen LogP contribution in [-0.4, -0.2) is 45.3 Å². The first kappa shape index (κ1) is 25.1. The van der Waals surface area contributed by atoms with Gasteiger partial charge in [-0.25, -0.2) is 0 Å². The Bertz CT molecular complexity index is 1120. The van der Waals surface area contributed by atoms with Gasteiger partial charge in [0.1, 0.15) is 6.54 Å². The fourth-order valence-corrected chi connectivity index (χ4v) is 5.09. The zero-order chi connectivity index (χ0) is 24.6. The molecule has 0 bridgehead atoms. The van der Waals surface area contributed by atoms with Crippen molar-refractivity contribution in [3.05, 3.63) is 94.8 Å². The van der Waals surface area contributed by atoms with Crippen LogP contribution in [0.2, 0.25) is 5.02 Å². The van der Waals surface area contributed by atoms with Crippen LogP contribution < -0.4 is 0 Å². The molecule has 35 heavy (non-hydrogen) atoms. The molecule has 0 unspecified atom stereocenters. The molecule has 5 nitrogen and oxygen atoms in total. The van der Waals surface area contributed by atoms with Crippen molar-refractivity contribution in [2.45, 2.75) is 58.2 Å². The number of hydrogen-bond acceptors (Lipinski definition) is 2. The molecule has 1 saturated carbocycles. The van der Waals surface area contributed by atoms with E-state index in [0.717, 1.165) is 42.0 Å². The van der Waals surface area contributed by atoms with E-state index in [9.17, 15) is 9.59 Å². The van der Waals surface area contributed by atoms with Crippen LogP contribution in [0.1, 0.15) is 60.6 Å². The second-order valence-corrected chi connectivity index (χ2v) is 9.62. The van der Waals surface area contributed by atoms with Crippen LogP contribution in [0.4, 0.5) is 0 Å². The maximum atomic E-state index is 13.7. The van der Waals surface area contributed by atoms with Gasteiger partial charge in [0.2, 0.25) is 5.91 Å². The summed E-state index contributed by atoms with van der Waals surface area (Å²) in [6.45, 7) is 3.68. The van der Waals surface area contributed by atoms with Gasteiger partial charge in [-0.05, 0) is 55.7 Å². The number of benzene rings is 2. The van der Waals surface area contributed by atoms with Gasteiger partial charge >= 0.3 is 0 Å². The first-order valence-electron chi connectivity index (χ1n) is 12.6. The summed E-state index contributed by atoms with van der Waals surface area (Å²) < 4.78 is 2.16. The molecule has 4 rings (SSSR count). The molecule has 1 aliphatic carbocycles. The predicted molar refractivity (Wildman–Crippen MR) is 140 cm³/mol. The van der Waals surface area contributed by atoms with Crippen LogP contribution in [0.5, 0.6) is 0 Å². The number of hydrogen-bond donors (Lipinski definition) is 0. The topological polar surface area (TPSA) is 45.6 Å². The summed E-state index contributed by atoms with van der Waals surface area (Å²) in [6.07, 6.45) is 7.55. The maximum absolute atomic E-state index is 13.7. The van der Waals surface area contributed by atoms with Gasteiger partial charge in [-0.15, -0.1) is 0 Å². The van der Waals surface area contributed by atoms with Gasteiger partial charge in [-0.1, -0.05) is 67.3 Å². The van der Waals surface area contributed by atoms with Gasteiger partial charge in [0.05, 0.1) is 6.54 Å². The molecule has 2 aromatic carbocycles. The molecule has 0 spiro atoms. The smallest absolute Gasteiger partial charge is 0.254 e. The number of aromatic nitrogens is 1. The lowest BCUT2D eigenvalue weighted by molar-refractivity contribution is -0.135. The highest BCUT2D eigenvalue weighted by Crippen LogP contribution is 2.25. The number of amides is 2. The van der Waals surface area contributed by atoms with Crippen molar-refractivity contribution in [1.29, 1.82) is 0 Å². The largest absolute Gasteiger partial charge is 0.345 e. The molecule has 0 aliphatic heterocycles. The van der Waals surface area contributed by atoms with Crippen LogP contribution in [0.15, 0.2) is 72.9 Å². The number of likely N-dealkylation sites (N-methyl/N-ethyl adjacent to an activating group) is 1. The van der Waals surface area contributed by atoms with Gasteiger partial charge in [0.25, 0.3) is 5.91 Å². The highest BCUT2D eigenvalue weighted by atomic mass is 35.5. The number of carbonyl (C=O) groups excluding carboxylic acids is 2. The summed E-state index contributed by atoms with van der Waals surface area (Å²) in [6, 6.07) is 21.4. The average molecular weight is 492 g/mol. The molecular weight excluding hydrogens is 458 g/mol. The Balaban J connectivity index is 1.53. The van der Waals surface area contributed by atoms with Gasteiger partial charge in [-0.2, -0.15) is 0 Å². The molecule has 184 valence electrons. The minimum absolute atomic E-state index is 0.00789. The summed E-state index contributed by atoms with van der Waals surface area (Å²) in [5.41, 5.74) is 2.73. The van der Waals surface area contributed by atoms with Crippen molar-refractivity contribution in [3.63, 3.8) is 0 Å². The quantitative estimate of drug-likeness (QED) is 0.367. The van der Waals surface area contributed by atoms with Crippen molar-refractivity contribution in [2.75, 3.05) is 13.1 Å². The molecule has 1 aliphatic rings. The first-order valence-corrected chi connectivity index (χ1v) is 13.0. The number of nitrogens with zero attached hydrogens (tertiary/aromatic N) is 3. The van der Waals surface area contributed by atoms with Crippen LogP contribution in [0, 0.1) is 0 Å². The van der Waals surface area contributed by atoms with Crippen molar-refractivity contribution >= 4 is 23.4 Å². The third-order valence-corrected chi connectivity index (χ3v) is 7.27. The Hall–Kier alpha value is -3.05. The molecule has 6 heteroatoms. The molecular formula is C29H34ClN3O2. The van der Waals surface area contributed by atoms with Gasteiger partial charge in [0.15, 0.2) is 0 Å². The molecule has 1 heterocycles. The Labute approximate surface area is 213 Å². The summed E-state index contributed by atoms with van der Waals surface area (Å²) in [7, 11) is 0. The van der Waals surface area contributed by atoms with Gasteiger partial charge in [0, 0.05) is 41.6 Å². The molecule has 0 N–H and O–H groups in total. The highest BCUT2D eigenvalue weighted by molar-refractivity contribution is 6.31. The van der Waals surface area contributed by atoms with E-state index in [1.165, 1.54) is 6.42 Å². The van der Waals surface area contributed by atoms with E-state index in [4.69, 9.17) is 11.6 Å². The monoisotopic (exact) mass is 491 g/mol. The first-order chi connectivity index (χ1) is 17.1. The summed E-state index contributed by atoms with van der Waals surface area (Å²) >= 11 is 6.41. The molecule has 2 amide bonds. The standard InChI is InChI=1S/C29H34ClN3O2/c1-2-31(29(35)23-12-5-3-6-13-23)22-28(34)33(25-15-7-4-8-16-25)21-26-17-11-19-32(26)20-24-14-9-10-18-27(24)30/h3,5-6,9-14,17-19,25H,2,4,7-8,15-16,20-22H2,1H3. The Morgan fingerprint density at radius 3 is 2.37 bits per heavy atom. The Morgan fingerprint density at radius 1 is 0.943 bits per heavy atom. The maximum Gasteiger partial charge on any atom is 0.254 e. The molecule has 0 saturated heterocycles. The fourth-order valence-electron chi connectivity index (χ4n) is 4.89. The van der Waals surface area contributed by atoms with Crippen LogP contribution in [-0.2, 0) is 17.9 Å². The van der Waals surface area contributed by atoms with Gasteiger partial charge < -0.3 is 14.4 Å². The van der Waals surface area contributed by atoms with E-state index in [0.29, 0.717) is 25.2 Å². The Morgan fingerprint density at radius 2 is 1.66 bits per heavy atom. The number of halogens is 1. The van der Waals surface area contributed by atoms with E-state index >= 15 is 0 Å². The molecule has 0 radical (unpaired) electrons. The molecule has 3 aromatic rings. The second kappa shape index (κ2) is 12.1. The van der Waals surface area contributed by atoms with Crippen LogP contribution in [0.3, 0.4) is 0 Å². The lowest BCUT2D eigenvalue weighted by Gasteiger charge is -2.36. The Kier molecular flexibility index (Phi) is 8.64. The minimum Gasteiger partial charge on any atom is -0.345 e. The third kappa shape index (κ3) is 6.34.